The van der Waals surface area contributed by atoms with E-state index in [1.54, 1.807) is 0 Å². The van der Waals surface area contributed by atoms with Gasteiger partial charge in [0, 0.05) is 0 Å². The summed E-state index contributed by atoms with van der Waals surface area (Å²) >= 11 is 0. The molecule has 0 saturated carbocycles. The van der Waals surface area contributed by atoms with E-state index in [4.69, 9.17) is 0 Å². The van der Waals surface area contributed by atoms with Gasteiger partial charge in [0.2, 0.25) is 0 Å². The molecule has 0 N–H and O–H groups in total. The maximum Gasteiger partial charge on any atom is -0.00266 e. The minimum absolute atomic E-state index is 1.28. The third-order valence-electron chi connectivity index (χ3n) is 4.51. The summed E-state index contributed by atoms with van der Waals surface area (Å²) in [6, 6.07) is 26.2. The quantitative estimate of drug-likeness (QED) is 0.360. The van der Waals surface area contributed by atoms with E-state index < -0.39 is 0 Å². The van der Waals surface area contributed by atoms with E-state index in [0.29, 0.717) is 0 Å². The van der Waals surface area contributed by atoms with Crippen molar-refractivity contribution in [3.05, 3.63) is 83.9 Å². The largest absolute Gasteiger partial charge is 0.0622 e. The zero-order valence-electron chi connectivity index (χ0n) is 12.9. The van der Waals surface area contributed by atoms with E-state index in [-0.39, 0.29) is 0 Å². The van der Waals surface area contributed by atoms with E-state index in [1.165, 1.54) is 43.8 Å². The molecule has 0 saturated heterocycles. The van der Waals surface area contributed by atoms with Crippen LogP contribution in [0, 0.1) is 13.8 Å². The number of fused-ring (bicyclic) bond motifs is 2. The Labute approximate surface area is 131 Å². The Morgan fingerprint density at radius 3 is 1.95 bits per heavy atom. The normalized spacial score (nSPS) is 11.2. The maximum atomic E-state index is 2.31. The van der Waals surface area contributed by atoms with Gasteiger partial charge >= 0.3 is 0 Å². The van der Waals surface area contributed by atoms with Gasteiger partial charge in [0.05, 0.1) is 0 Å². The smallest absolute Gasteiger partial charge is 0.00266 e. The first-order valence-electron chi connectivity index (χ1n) is 7.73. The molecule has 0 atom stereocenters. The average Bonchev–Trinajstić information content (AvgIpc) is 2.57. The number of hydrogen-bond donors (Lipinski definition) is 0. The predicted octanol–water partition coefficient (Wildman–Crippen LogP) is 6.28. The molecule has 0 aliphatic rings. The Balaban J connectivity index is 2.27. The molecule has 0 radical (unpaired) electrons. The molecule has 106 valence electrons. The van der Waals surface area contributed by atoms with E-state index >= 15 is 0 Å². The second-order valence-electron chi connectivity index (χ2n) is 5.96. The van der Waals surface area contributed by atoms with Crippen LogP contribution in [-0.2, 0) is 0 Å². The fourth-order valence-corrected chi connectivity index (χ4v) is 3.42. The first-order chi connectivity index (χ1) is 10.8. The van der Waals surface area contributed by atoms with Crippen LogP contribution >= 0.6 is 0 Å². The maximum absolute atomic E-state index is 2.31. The van der Waals surface area contributed by atoms with Crippen LogP contribution in [-0.4, -0.2) is 0 Å². The van der Waals surface area contributed by atoms with Gasteiger partial charge in [-0.3, -0.25) is 0 Å². The highest BCUT2D eigenvalue weighted by molar-refractivity contribution is 6.14. The van der Waals surface area contributed by atoms with Crippen molar-refractivity contribution in [2.24, 2.45) is 0 Å². The lowest BCUT2D eigenvalue weighted by Crippen LogP contribution is -1.90. The van der Waals surface area contributed by atoms with Crippen LogP contribution in [0.15, 0.2) is 72.8 Å². The number of hydrogen-bond acceptors (Lipinski definition) is 0. The number of aryl methyl sites for hydroxylation is 2. The van der Waals surface area contributed by atoms with Gasteiger partial charge in [0.25, 0.3) is 0 Å². The minimum atomic E-state index is 1.28. The lowest BCUT2D eigenvalue weighted by molar-refractivity contribution is 1.49. The summed E-state index contributed by atoms with van der Waals surface area (Å²) in [6.07, 6.45) is 0. The zero-order valence-corrected chi connectivity index (χ0v) is 12.9. The van der Waals surface area contributed by atoms with Crippen molar-refractivity contribution >= 4 is 21.5 Å². The molecule has 0 unspecified atom stereocenters. The molecule has 0 heteroatoms. The molecule has 0 heterocycles. The first kappa shape index (κ1) is 13.1. The van der Waals surface area contributed by atoms with E-state index in [1.807, 2.05) is 0 Å². The fraction of sp³-hybridized carbons (Fsp3) is 0.0909. The van der Waals surface area contributed by atoms with Gasteiger partial charge in [0.1, 0.15) is 0 Å². The van der Waals surface area contributed by atoms with Crippen LogP contribution in [0.3, 0.4) is 0 Å². The molecular weight excluding hydrogens is 264 g/mol. The zero-order chi connectivity index (χ0) is 15.1. The van der Waals surface area contributed by atoms with E-state index in [2.05, 4.69) is 86.6 Å². The molecule has 0 bridgehead atoms. The lowest BCUT2D eigenvalue weighted by Gasteiger charge is -2.15. The van der Waals surface area contributed by atoms with Crippen molar-refractivity contribution < 1.29 is 0 Å². The van der Waals surface area contributed by atoms with E-state index in [9.17, 15) is 0 Å². The van der Waals surface area contributed by atoms with E-state index in [0.717, 1.165) is 0 Å². The van der Waals surface area contributed by atoms with Crippen LogP contribution < -0.4 is 0 Å². The third-order valence-corrected chi connectivity index (χ3v) is 4.51. The molecule has 4 rings (SSSR count). The topological polar surface area (TPSA) is 0 Å². The monoisotopic (exact) mass is 282 g/mol. The molecule has 0 aromatic heterocycles. The molecule has 0 nitrogen and oxygen atoms in total. The number of benzene rings is 4. The Kier molecular flexibility index (Phi) is 2.97. The molecule has 0 amide bonds. The van der Waals surface area contributed by atoms with Gasteiger partial charge < -0.3 is 0 Å². The summed E-state index contributed by atoms with van der Waals surface area (Å²) in [5, 5.41) is 5.38. The highest BCUT2D eigenvalue weighted by atomic mass is 14.2. The van der Waals surface area contributed by atoms with Gasteiger partial charge in [-0.25, -0.2) is 0 Å². The van der Waals surface area contributed by atoms with Gasteiger partial charge in [-0.05, 0) is 52.1 Å². The van der Waals surface area contributed by atoms with Crippen molar-refractivity contribution in [3.63, 3.8) is 0 Å². The van der Waals surface area contributed by atoms with Crippen molar-refractivity contribution in [1.29, 1.82) is 0 Å². The molecular formula is C22H18. The number of rotatable bonds is 1. The lowest BCUT2D eigenvalue weighted by atomic mass is 9.88. The molecule has 22 heavy (non-hydrogen) atoms. The van der Waals surface area contributed by atoms with Gasteiger partial charge in [-0.2, -0.15) is 0 Å². The molecule has 0 spiro atoms. The predicted molar refractivity (Wildman–Crippen MR) is 96.4 cm³/mol. The van der Waals surface area contributed by atoms with Crippen LogP contribution in [0.4, 0.5) is 0 Å². The van der Waals surface area contributed by atoms with Gasteiger partial charge in [0.15, 0.2) is 0 Å². The third kappa shape index (κ3) is 1.92. The summed E-state index contributed by atoms with van der Waals surface area (Å²) in [6.45, 7) is 4.40. The van der Waals surface area contributed by atoms with Crippen LogP contribution in [0.2, 0.25) is 0 Å². The second kappa shape index (κ2) is 4.99. The minimum Gasteiger partial charge on any atom is -0.0622 e. The molecule has 0 aliphatic heterocycles. The van der Waals surface area contributed by atoms with Crippen molar-refractivity contribution in [2.75, 3.05) is 0 Å². The van der Waals surface area contributed by atoms with Crippen molar-refractivity contribution in [2.45, 2.75) is 13.8 Å². The molecule has 0 aliphatic carbocycles. The van der Waals surface area contributed by atoms with Gasteiger partial charge in [-0.15, -0.1) is 0 Å². The molecule has 0 fully saturated rings. The highest BCUT2D eigenvalue weighted by Gasteiger charge is 2.12. The first-order valence-corrected chi connectivity index (χ1v) is 7.73. The highest BCUT2D eigenvalue weighted by Crippen LogP contribution is 2.39. The Bertz CT molecular complexity index is 979. The van der Waals surface area contributed by atoms with Crippen LogP contribution in [0.5, 0.6) is 0 Å². The summed E-state index contributed by atoms with van der Waals surface area (Å²) in [4.78, 5) is 0. The van der Waals surface area contributed by atoms with Gasteiger partial charge in [-0.1, -0.05) is 78.4 Å². The Hall–Kier alpha value is -2.60. The molecule has 4 aromatic rings. The SMILES string of the molecule is Cc1ccc2c(-c3ccccc3)c3ccccc3c(C)c2c1. The van der Waals surface area contributed by atoms with Crippen molar-refractivity contribution in [3.8, 4) is 11.1 Å². The summed E-state index contributed by atoms with van der Waals surface area (Å²) in [7, 11) is 0. The van der Waals surface area contributed by atoms with Crippen molar-refractivity contribution in [1.82, 2.24) is 0 Å². The second-order valence-corrected chi connectivity index (χ2v) is 5.96. The van der Waals surface area contributed by atoms with Crippen LogP contribution in [0.25, 0.3) is 32.7 Å². The van der Waals surface area contributed by atoms with Crippen LogP contribution in [0.1, 0.15) is 11.1 Å². The Morgan fingerprint density at radius 1 is 0.545 bits per heavy atom. The fourth-order valence-electron chi connectivity index (χ4n) is 3.42. The summed E-state index contributed by atoms with van der Waals surface area (Å²) in [5.41, 5.74) is 5.31. The summed E-state index contributed by atoms with van der Waals surface area (Å²) < 4.78 is 0. The Morgan fingerprint density at radius 2 is 1.18 bits per heavy atom. The standard InChI is InChI=1S/C22H18/c1-15-12-13-20-21(14-15)16(2)18-10-6-7-11-19(18)22(20)17-8-4-3-5-9-17/h3-14H,1-2H3. The molecule has 4 aromatic carbocycles. The average molecular weight is 282 g/mol. The summed E-state index contributed by atoms with van der Waals surface area (Å²) in [5.74, 6) is 0.